The Morgan fingerprint density at radius 2 is 2.15 bits per heavy atom. The molecule has 2 heterocycles. The number of pyridine rings is 1. The highest BCUT2D eigenvalue weighted by Gasteiger charge is 2.31. The Labute approximate surface area is 119 Å². The van der Waals surface area contributed by atoms with Gasteiger partial charge in [0.25, 0.3) is 0 Å². The van der Waals surface area contributed by atoms with Gasteiger partial charge in [-0.05, 0) is 45.2 Å². The van der Waals surface area contributed by atoms with Crippen LogP contribution in [0.2, 0.25) is 0 Å². The molecular formula is C15H22N2O3. The molecule has 0 saturated carbocycles. The smallest absolute Gasteiger partial charge is 0.410 e. The normalized spacial score (nSPS) is 18.4. The maximum Gasteiger partial charge on any atom is 0.410 e. The first-order valence-corrected chi connectivity index (χ1v) is 6.84. The molecule has 1 aromatic rings. The number of ether oxygens (including phenoxy) is 2. The first kappa shape index (κ1) is 14.6. The van der Waals surface area contributed by atoms with Crippen LogP contribution in [-0.4, -0.2) is 35.2 Å². The lowest BCUT2D eigenvalue weighted by atomic mass is 9.96. The highest BCUT2D eigenvalue weighted by atomic mass is 16.6. The molecule has 0 aliphatic carbocycles. The van der Waals surface area contributed by atoms with Gasteiger partial charge in [-0.25, -0.2) is 9.78 Å². The fourth-order valence-electron chi connectivity index (χ4n) is 2.36. The van der Waals surface area contributed by atoms with Crippen LogP contribution >= 0.6 is 0 Å². The molecule has 5 heteroatoms. The van der Waals surface area contributed by atoms with Gasteiger partial charge in [0.05, 0.1) is 13.2 Å². The Hall–Kier alpha value is -1.78. The molecule has 0 N–H and O–H groups in total. The molecule has 0 aromatic carbocycles. The molecule has 5 nitrogen and oxygen atoms in total. The van der Waals surface area contributed by atoms with Gasteiger partial charge in [0.2, 0.25) is 5.88 Å². The summed E-state index contributed by atoms with van der Waals surface area (Å²) in [6.45, 7) is 8.27. The van der Waals surface area contributed by atoms with Crippen LogP contribution in [0.25, 0.3) is 0 Å². The average molecular weight is 278 g/mol. The number of rotatable bonds is 1. The summed E-state index contributed by atoms with van der Waals surface area (Å²) in [5.41, 5.74) is 1.77. The molecule has 1 aromatic heterocycles. The second-order valence-electron chi connectivity index (χ2n) is 6.03. The first-order chi connectivity index (χ1) is 9.31. The van der Waals surface area contributed by atoms with Gasteiger partial charge >= 0.3 is 6.09 Å². The van der Waals surface area contributed by atoms with Crippen molar-refractivity contribution in [2.45, 2.75) is 45.8 Å². The zero-order valence-corrected chi connectivity index (χ0v) is 12.8. The van der Waals surface area contributed by atoms with Crippen molar-refractivity contribution in [2.75, 3.05) is 13.7 Å². The number of hydrogen-bond acceptors (Lipinski definition) is 4. The quantitative estimate of drug-likeness (QED) is 0.792. The van der Waals surface area contributed by atoms with Crippen molar-refractivity contribution in [3.8, 4) is 5.88 Å². The summed E-state index contributed by atoms with van der Waals surface area (Å²) in [5.74, 6) is 0.613. The van der Waals surface area contributed by atoms with E-state index in [1.54, 1.807) is 18.2 Å². The number of methoxy groups -OCH3 is 1. The van der Waals surface area contributed by atoms with E-state index in [1.165, 1.54) is 5.56 Å². The van der Waals surface area contributed by atoms with Crippen LogP contribution in [-0.2, 0) is 11.2 Å². The van der Waals surface area contributed by atoms with Crippen LogP contribution in [0.1, 0.15) is 44.9 Å². The van der Waals surface area contributed by atoms with E-state index in [-0.39, 0.29) is 12.1 Å². The lowest BCUT2D eigenvalue weighted by Crippen LogP contribution is -2.42. The third kappa shape index (κ3) is 3.03. The Bertz CT molecular complexity index is 508. The minimum atomic E-state index is -0.477. The zero-order chi connectivity index (χ0) is 14.9. The van der Waals surface area contributed by atoms with Gasteiger partial charge < -0.3 is 14.4 Å². The predicted molar refractivity (Wildman–Crippen MR) is 75.8 cm³/mol. The second kappa shape index (κ2) is 5.31. The minimum absolute atomic E-state index is 0.0352. The van der Waals surface area contributed by atoms with Crippen molar-refractivity contribution in [3.63, 3.8) is 0 Å². The molecule has 1 amide bonds. The van der Waals surface area contributed by atoms with Gasteiger partial charge in [-0.3, -0.25) is 0 Å². The van der Waals surface area contributed by atoms with Crippen LogP contribution in [0.4, 0.5) is 4.79 Å². The third-order valence-corrected chi connectivity index (χ3v) is 3.38. The van der Waals surface area contributed by atoms with E-state index in [4.69, 9.17) is 9.47 Å². The van der Waals surface area contributed by atoms with E-state index in [0.717, 1.165) is 12.0 Å². The number of fused-ring (bicyclic) bond motifs is 1. The number of hydrogen-bond donors (Lipinski definition) is 0. The minimum Gasteiger partial charge on any atom is -0.481 e. The summed E-state index contributed by atoms with van der Waals surface area (Å²) in [4.78, 5) is 18.2. The molecule has 110 valence electrons. The summed E-state index contributed by atoms with van der Waals surface area (Å²) in [6, 6.07) is 1.91. The number of nitrogens with zero attached hydrogens (tertiary/aromatic N) is 2. The molecule has 1 atom stereocenters. The van der Waals surface area contributed by atoms with Crippen LogP contribution in [0.15, 0.2) is 12.3 Å². The fraction of sp³-hybridized carbons (Fsp3) is 0.600. The Morgan fingerprint density at radius 3 is 2.75 bits per heavy atom. The summed E-state index contributed by atoms with van der Waals surface area (Å²) in [5, 5.41) is 0. The van der Waals surface area contributed by atoms with Gasteiger partial charge in [0.15, 0.2) is 0 Å². The molecule has 0 fully saturated rings. The zero-order valence-electron chi connectivity index (χ0n) is 12.8. The van der Waals surface area contributed by atoms with Gasteiger partial charge in [0.1, 0.15) is 5.60 Å². The molecular weight excluding hydrogens is 256 g/mol. The first-order valence-electron chi connectivity index (χ1n) is 6.84. The maximum absolute atomic E-state index is 12.2. The second-order valence-corrected chi connectivity index (χ2v) is 6.03. The van der Waals surface area contributed by atoms with Crippen molar-refractivity contribution in [2.24, 2.45) is 0 Å². The van der Waals surface area contributed by atoms with E-state index < -0.39 is 5.60 Å². The van der Waals surface area contributed by atoms with E-state index >= 15 is 0 Å². The number of amides is 1. The van der Waals surface area contributed by atoms with E-state index in [9.17, 15) is 4.79 Å². The van der Waals surface area contributed by atoms with Gasteiger partial charge in [0, 0.05) is 18.8 Å². The molecule has 1 aliphatic heterocycles. The van der Waals surface area contributed by atoms with Crippen molar-refractivity contribution < 1.29 is 14.3 Å². The summed E-state index contributed by atoms with van der Waals surface area (Å²) in [7, 11) is 1.61. The lowest BCUT2D eigenvalue weighted by molar-refractivity contribution is 0.0159. The van der Waals surface area contributed by atoms with Gasteiger partial charge in [-0.2, -0.15) is 0 Å². The Balaban J connectivity index is 2.19. The monoisotopic (exact) mass is 278 g/mol. The van der Waals surface area contributed by atoms with Crippen LogP contribution in [0, 0.1) is 0 Å². The molecule has 0 radical (unpaired) electrons. The van der Waals surface area contributed by atoms with Crippen molar-refractivity contribution in [3.05, 3.63) is 23.4 Å². The van der Waals surface area contributed by atoms with E-state index in [0.29, 0.717) is 12.4 Å². The van der Waals surface area contributed by atoms with Crippen LogP contribution in [0.3, 0.4) is 0 Å². The predicted octanol–water partition coefficient (Wildman–Crippen LogP) is 2.94. The largest absolute Gasteiger partial charge is 0.481 e. The fourth-order valence-corrected chi connectivity index (χ4v) is 2.36. The van der Waals surface area contributed by atoms with Crippen molar-refractivity contribution in [1.82, 2.24) is 9.88 Å². The molecule has 1 aliphatic rings. The average Bonchev–Trinajstić information content (AvgIpc) is 2.36. The Kier molecular flexibility index (Phi) is 3.88. The van der Waals surface area contributed by atoms with E-state index in [2.05, 4.69) is 4.98 Å². The Morgan fingerprint density at radius 1 is 1.45 bits per heavy atom. The summed E-state index contributed by atoms with van der Waals surface area (Å²) in [6.07, 6.45) is 2.30. The third-order valence-electron chi connectivity index (χ3n) is 3.38. The van der Waals surface area contributed by atoms with Crippen molar-refractivity contribution in [1.29, 1.82) is 0 Å². The number of carbonyl (C=O) groups is 1. The number of carbonyl (C=O) groups excluding carboxylic acids is 1. The topological polar surface area (TPSA) is 51.7 Å². The highest BCUT2D eigenvalue weighted by molar-refractivity contribution is 5.69. The maximum atomic E-state index is 12.2. The van der Waals surface area contributed by atoms with Crippen molar-refractivity contribution >= 4 is 6.09 Å². The van der Waals surface area contributed by atoms with Crippen LogP contribution < -0.4 is 4.74 Å². The molecule has 0 bridgehead atoms. The molecule has 0 spiro atoms. The van der Waals surface area contributed by atoms with Crippen LogP contribution in [0.5, 0.6) is 5.88 Å². The SMILES string of the molecule is COc1cc2c(cn1)C(C)N(C(=O)OC(C)(C)C)CC2. The molecule has 20 heavy (non-hydrogen) atoms. The summed E-state index contributed by atoms with van der Waals surface area (Å²) >= 11 is 0. The number of aromatic nitrogens is 1. The standard InChI is InChI=1S/C15H22N2O3/c1-10-12-9-16-13(19-5)8-11(12)6-7-17(10)14(18)20-15(2,3)4/h8-10H,6-7H2,1-5H3. The highest BCUT2D eigenvalue weighted by Crippen LogP contribution is 2.31. The molecule has 1 unspecified atom stereocenters. The lowest BCUT2D eigenvalue weighted by Gasteiger charge is -2.36. The van der Waals surface area contributed by atoms with E-state index in [1.807, 2.05) is 33.8 Å². The molecule has 2 rings (SSSR count). The van der Waals surface area contributed by atoms with Gasteiger partial charge in [-0.15, -0.1) is 0 Å². The summed E-state index contributed by atoms with van der Waals surface area (Å²) < 4.78 is 10.6. The molecule has 0 saturated heterocycles. The van der Waals surface area contributed by atoms with Gasteiger partial charge in [-0.1, -0.05) is 0 Å².